The number of nitrogens with zero attached hydrogens (tertiary/aromatic N) is 3. The Morgan fingerprint density at radius 3 is 2.69 bits per heavy atom. The Morgan fingerprint density at radius 2 is 2.00 bits per heavy atom. The molecule has 0 unspecified atom stereocenters. The van der Waals surface area contributed by atoms with Crippen molar-refractivity contribution in [3.05, 3.63) is 18.2 Å². The molecule has 2 saturated heterocycles. The lowest BCUT2D eigenvalue weighted by Gasteiger charge is -2.26. The third-order valence-corrected chi connectivity index (χ3v) is 5.15. The summed E-state index contributed by atoms with van der Waals surface area (Å²) in [6.45, 7) is 7.42. The largest absolute Gasteiger partial charge is 0.573 e. The smallest absolute Gasteiger partial charge is 0.444 e. The van der Waals surface area contributed by atoms with Gasteiger partial charge in [0.25, 0.3) is 0 Å². The number of fused-ring (bicyclic) bond motifs is 2. The van der Waals surface area contributed by atoms with E-state index in [4.69, 9.17) is 4.74 Å². The number of carbonyl (C=O) groups is 1. The van der Waals surface area contributed by atoms with Crippen LogP contribution in [0.3, 0.4) is 0 Å². The molecule has 2 aromatic rings. The van der Waals surface area contributed by atoms with Crippen LogP contribution < -0.4 is 9.64 Å². The lowest BCUT2D eigenvalue weighted by atomic mass is 10.1. The predicted molar refractivity (Wildman–Crippen MR) is 99.8 cm³/mol. The molecule has 0 saturated carbocycles. The highest BCUT2D eigenvalue weighted by molar-refractivity contribution is 5.79. The number of likely N-dealkylation sites (tertiary alicyclic amines) is 1. The van der Waals surface area contributed by atoms with Gasteiger partial charge in [0.1, 0.15) is 11.4 Å². The average molecular weight is 412 g/mol. The van der Waals surface area contributed by atoms with Crippen LogP contribution in [0.15, 0.2) is 18.2 Å². The van der Waals surface area contributed by atoms with E-state index in [0.717, 1.165) is 13.0 Å². The van der Waals surface area contributed by atoms with Gasteiger partial charge in [0.05, 0.1) is 17.1 Å². The van der Waals surface area contributed by atoms with E-state index in [1.54, 1.807) is 4.90 Å². The fourth-order valence-corrected chi connectivity index (χ4v) is 4.01. The zero-order valence-corrected chi connectivity index (χ0v) is 16.4. The molecule has 3 heterocycles. The number of H-pyrrole nitrogens is 1. The number of anilines is 1. The topological polar surface area (TPSA) is 70.7 Å². The number of aromatic amines is 1. The maximum absolute atomic E-state index is 12.4. The van der Waals surface area contributed by atoms with Crippen LogP contribution in [0.5, 0.6) is 5.75 Å². The van der Waals surface area contributed by atoms with E-state index in [1.807, 2.05) is 20.8 Å². The van der Waals surface area contributed by atoms with E-state index in [2.05, 4.69) is 19.6 Å². The van der Waals surface area contributed by atoms with Crippen LogP contribution in [0.25, 0.3) is 11.0 Å². The van der Waals surface area contributed by atoms with Gasteiger partial charge in [0.15, 0.2) is 0 Å². The summed E-state index contributed by atoms with van der Waals surface area (Å²) in [7, 11) is 0. The summed E-state index contributed by atoms with van der Waals surface area (Å²) >= 11 is 0. The fraction of sp³-hybridized carbons (Fsp3) is 0.579. The van der Waals surface area contributed by atoms with Gasteiger partial charge in [-0.1, -0.05) is 0 Å². The maximum atomic E-state index is 12.4. The van der Waals surface area contributed by atoms with Gasteiger partial charge in [-0.05, 0) is 39.3 Å². The zero-order valence-electron chi connectivity index (χ0n) is 16.4. The molecule has 158 valence electrons. The van der Waals surface area contributed by atoms with Gasteiger partial charge >= 0.3 is 12.5 Å². The first-order chi connectivity index (χ1) is 13.5. The SMILES string of the molecule is CC(C)(C)OC(=O)N1C[C@H]2CCN(c3nc4ccc(OC(F)(F)F)cc4[nH]3)[C@H]2C1. The van der Waals surface area contributed by atoms with E-state index >= 15 is 0 Å². The minimum absolute atomic E-state index is 0.0916. The molecule has 2 fully saturated rings. The lowest BCUT2D eigenvalue weighted by molar-refractivity contribution is -0.274. The van der Waals surface area contributed by atoms with Crippen LogP contribution in [-0.4, -0.2) is 58.6 Å². The minimum Gasteiger partial charge on any atom is -0.444 e. The summed E-state index contributed by atoms with van der Waals surface area (Å²) < 4.78 is 46.8. The molecule has 0 bridgehead atoms. The van der Waals surface area contributed by atoms with Crippen molar-refractivity contribution in [2.24, 2.45) is 5.92 Å². The Bertz CT molecular complexity index is 922. The number of alkyl halides is 3. The van der Waals surface area contributed by atoms with Crippen LogP contribution in [-0.2, 0) is 4.74 Å². The summed E-state index contributed by atoms with van der Waals surface area (Å²) in [5.41, 5.74) is 0.468. The van der Waals surface area contributed by atoms with Crippen molar-refractivity contribution in [2.75, 3.05) is 24.5 Å². The van der Waals surface area contributed by atoms with Crippen molar-refractivity contribution < 1.29 is 27.4 Å². The van der Waals surface area contributed by atoms with Crippen LogP contribution in [0, 0.1) is 5.92 Å². The first-order valence-corrected chi connectivity index (χ1v) is 9.48. The number of ether oxygens (including phenoxy) is 2. The molecule has 10 heteroatoms. The molecule has 1 aromatic carbocycles. The first-order valence-electron chi connectivity index (χ1n) is 9.48. The van der Waals surface area contributed by atoms with E-state index < -0.39 is 12.0 Å². The molecule has 0 aliphatic carbocycles. The van der Waals surface area contributed by atoms with E-state index in [-0.39, 0.29) is 17.9 Å². The molecule has 2 aliphatic rings. The number of nitrogens with one attached hydrogen (secondary N) is 1. The fourth-order valence-electron chi connectivity index (χ4n) is 4.01. The molecule has 1 amide bonds. The lowest BCUT2D eigenvalue weighted by Crippen LogP contribution is -2.39. The maximum Gasteiger partial charge on any atom is 0.573 e. The van der Waals surface area contributed by atoms with Crippen LogP contribution in [0.2, 0.25) is 0 Å². The first kappa shape index (κ1) is 19.7. The van der Waals surface area contributed by atoms with E-state index in [0.29, 0.717) is 36.0 Å². The standard InChI is InChI=1S/C19H23F3N4O3/c1-18(2,3)29-17(27)25-9-11-6-7-26(15(11)10-25)16-23-13-5-4-12(8-14(13)24-16)28-19(20,21)22/h4-5,8,11,15H,6-7,9-10H2,1-3H3,(H,23,24)/t11-,15+/m1/s1. The Kier molecular flexibility index (Phi) is 4.54. The molecule has 7 nitrogen and oxygen atoms in total. The third kappa shape index (κ3) is 4.20. The highest BCUT2D eigenvalue weighted by Gasteiger charge is 2.44. The van der Waals surface area contributed by atoms with E-state index in [1.165, 1.54) is 18.2 Å². The number of benzene rings is 1. The molecule has 2 atom stereocenters. The molecular weight excluding hydrogens is 389 g/mol. The molecule has 29 heavy (non-hydrogen) atoms. The number of halogens is 3. The van der Waals surface area contributed by atoms with Gasteiger partial charge in [0.2, 0.25) is 5.95 Å². The van der Waals surface area contributed by atoms with Crippen LogP contribution >= 0.6 is 0 Å². The Balaban J connectivity index is 1.50. The summed E-state index contributed by atoms with van der Waals surface area (Å²) in [6.07, 6.45) is -4.16. The van der Waals surface area contributed by atoms with Gasteiger partial charge < -0.3 is 24.3 Å². The third-order valence-electron chi connectivity index (χ3n) is 5.15. The predicted octanol–water partition coefficient (Wildman–Crippen LogP) is 3.91. The molecule has 1 aromatic heterocycles. The second kappa shape index (κ2) is 6.70. The summed E-state index contributed by atoms with van der Waals surface area (Å²) in [5, 5.41) is 0. The van der Waals surface area contributed by atoms with Crippen molar-refractivity contribution in [3.63, 3.8) is 0 Å². The highest BCUT2D eigenvalue weighted by Crippen LogP contribution is 2.36. The van der Waals surface area contributed by atoms with Crippen molar-refractivity contribution in [3.8, 4) is 5.75 Å². The monoisotopic (exact) mass is 412 g/mol. The number of rotatable bonds is 2. The normalized spacial score (nSPS) is 22.3. The quantitative estimate of drug-likeness (QED) is 0.810. The Morgan fingerprint density at radius 1 is 1.24 bits per heavy atom. The molecular formula is C19H23F3N4O3. The molecule has 2 aliphatic heterocycles. The number of carbonyl (C=O) groups excluding carboxylic acids is 1. The summed E-state index contributed by atoms with van der Waals surface area (Å²) in [4.78, 5) is 23.8. The molecule has 4 rings (SSSR count). The number of aromatic nitrogens is 2. The summed E-state index contributed by atoms with van der Waals surface area (Å²) in [6, 6.07) is 4.11. The molecule has 0 radical (unpaired) electrons. The van der Waals surface area contributed by atoms with Crippen molar-refractivity contribution in [1.82, 2.24) is 14.9 Å². The second-order valence-electron chi connectivity index (χ2n) is 8.48. The number of hydrogen-bond acceptors (Lipinski definition) is 5. The van der Waals surface area contributed by atoms with Gasteiger partial charge in [-0.3, -0.25) is 0 Å². The van der Waals surface area contributed by atoms with Crippen molar-refractivity contribution >= 4 is 23.1 Å². The Hall–Kier alpha value is -2.65. The number of hydrogen-bond donors (Lipinski definition) is 1. The Labute approximate surface area is 165 Å². The van der Waals surface area contributed by atoms with Gasteiger partial charge in [0, 0.05) is 31.6 Å². The molecule has 1 N–H and O–H groups in total. The molecule has 0 spiro atoms. The van der Waals surface area contributed by atoms with Gasteiger partial charge in [-0.25, -0.2) is 9.78 Å². The van der Waals surface area contributed by atoms with Gasteiger partial charge in [-0.2, -0.15) is 0 Å². The van der Waals surface area contributed by atoms with Crippen LogP contribution in [0.1, 0.15) is 27.2 Å². The van der Waals surface area contributed by atoms with Crippen molar-refractivity contribution in [1.29, 1.82) is 0 Å². The number of imidazole rings is 1. The number of amides is 1. The summed E-state index contributed by atoms with van der Waals surface area (Å²) in [5.74, 6) is 0.596. The van der Waals surface area contributed by atoms with Gasteiger partial charge in [-0.15, -0.1) is 13.2 Å². The average Bonchev–Trinajstić information content (AvgIpc) is 3.23. The van der Waals surface area contributed by atoms with E-state index in [9.17, 15) is 18.0 Å². The minimum atomic E-state index is -4.74. The van der Waals surface area contributed by atoms with Crippen LogP contribution in [0.4, 0.5) is 23.9 Å². The highest BCUT2D eigenvalue weighted by atomic mass is 19.4. The van der Waals surface area contributed by atoms with Crippen molar-refractivity contribution in [2.45, 2.75) is 45.2 Å². The second-order valence-corrected chi connectivity index (χ2v) is 8.48. The zero-order chi connectivity index (χ0) is 21.0.